The Labute approximate surface area is 131 Å². The molecule has 0 aliphatic carbocycles. The van der Waals surface area contributed by atoms with Crippen LogP contribution < -0.4 is 5.32 Å². The number of carbonyl (C=O) groups excluding carboxylic acids is 1. The quantitative estimate of drug-likeness (QED) is 0.618. The van der Waals surface area contributed by atoms with Gasteiger partial charge in [-0.3, -0.25) is 0 Å². The minimum Gasteiger partial charge on any atom is -0.462 e. The van der Waals surface area contributed by atoms with Gasteiger partial charge < -0.3 is 10.1 Å². The van der Waals surface area contributed by atoms with Crippen molar-refractivity contribution in [1.29, 1.82) is 0 Å². The molecule has 0 bridgehead atoms. The normalized spacial score (nSPS) is 10.5. The lowest BCUT2D eigenvalue weighted by molar-refractivity contribution is 0.0523. The Morgan fingerprint density at radius 1 is 1.27 bits per heavy atom. The van der Waals surface area contributed by atoms with Crippen molar-refractivity contribution in [3.8, 4) is 0 Å². The van der Waals surface area contributed by atoms with Crippen LogP contribution in [0.4, 0.5) is 5.95 Å². The maximum atomic E-state index is 11.8. The van der Waals surface area contributed by atoms with Crippen LogP contribution >= 0.6 is 0 Å². The largest absolute Gasteiger partial charge is 0.462 e. The lowest BCUT2D eigenvalue weighted by Gasteiger charge is -2.10. The van der Waals surface area contributed by atoms with Gasteiger partial charge in [0.15, 0.2) is 0 Å². The van der Waals surface area contributed by atoms with Gasteiger partial charge in [0.2, 0.25) is 5.95 Å². The molecule has 1 N–H and O–H groups in total. The van der Waals surface area contributed by atoms with Crippen molar-refractivity contribution in [2.75, 3.05) is 18.5 Å². The fourth-order valence-corrected chi connectivity index (χ4v) is 1.79. The molecule has 0 aliphatic rings. The fraction of sp³-hybridized carbons (Fsp3) is 0.353. The number of nitrogens with zero attached hydrogens (tertiary/aromatic N) is 2. The molecule has 0 saturated heterocycles. The first-order valence-electron chi connectivity index (χ1n) is 7.14. The zero-order valence-corrected chi connectivity index (χ0v) is 13.7. The number of hydrogen-bond donors (Lipinski definition) is 1. The Morgan fingerprint density at radius 2 is 1.86 bits per heavy atom. The van der Waals surface area contributed by atoms with Gasteiger partial charge in [-0.2, -0.15) is 0 Å². The molecule has 0 unspecified atom stereocenters. The highest BCUT2D eigenvalue weighted by Crippen LogP contribution is 2.14. The highest BCUT2D eigenvalue weighted by molar-refractivity contribution is 5.91. The van der Waals surface area contributed by atoms with Crippen molar-refractivity contribution >= 4 is 11.9 Å². The summed E-state index contributed by atoms with van der Waals surface area (Å²) in [5, 5.41) is 3.09. The van der Waals surface area contributed by atoms with Crippen LogP contribution in [0.25, 0.3) is 0 Å². The third kappa shape index (κ3) is 4.84. The van der Waals surface area contributed by atoms with Crippen molar-refractivity contribution in [3.05, 3.63) is 53.4 Å². The first-order valence-corrected chi connectivity index (χ1v) is 7.14. The molecule has 0 amide bonds. The highest BCUT2D eigenvalue weighted by Gasteiger charge is 2.16. The first kappa shape index (κ1) is 17.6. The van der Waals surface area contributed by atoms with E-state index >= 15 is 0 Å². The molecule has 1 heterocycles. The number of hydrogen-bond acceptors (Lipinski definition) is 5. The van der Waals surface area contributed by atoms with E-state index in [-0.39, 0.29) is 5.97 Å². The van der Waals surface area contributed by atoms with E-state index in [1.807, 2.05) is 19.1 Å². The van der Waals surface area contributed by atoms with Crippen LogP contribution in [0, 0.1) is 13.8 Å². The number of rotatable bonds is 7. The smallest absolute Gasteiger partial charge is 0.341 e. The summed E-state index contributed by atoms with van der Waals surface area (Å²) < 4.78 is 5.01. The zero-order chi connectivity index (χ0) is 16.7. The molecule has 5 nitrogen and oxygen atoms in total. The molecule has 0 aromatic carbocycles. The van der Waals surface area contributed by atoms with Gasteiger partial charge in [-0.15, -0.1) is 0 Å². The zero-order valence-electron chi connectivity index (χ0n) is 13.7. The predicted octanol–water partition coefficient (Wildman–Crippen LogP) is 3.37. The van der Waals surface area contributed by atoms with Gasteiger partial charge in [0, 0.05) is 6.54 Å². The Morgan fingerprint density at radius 3 is 2.36 bits per heavy atom. The number of aromatic nitrogens is 2. The Balaban J connectivity index is 2.77. The molecule has 1 rings (SSSR count). The summed E-state index contributed by atoms with van der Waals surface area (Å²) in [5.41, 5.74) is 3.44. The number of nitrogens with one attached hydrogen (secondary N) is 1. The number of aryl methyl sites for hydroxylation is 2. The number of carbonyl (C=O) groups is 1. The Kier molecular flexibility index (Phi) is 6.50. The van der Waals surface area contributed by atoms with Crippen molar-refractivity contribution in [1.82, 2.24) is 9.97 Å². The molecule has 0 aliphatic heterocycles. The molecule has 22 heavy (non-hydrogen) atoms. The summed E-state index contributed by atoms with van der Waals surface area (Å²) in [6.45, 7) is 15.8. The standard InChI is InChI=1S/C17H23N3O2/c1-7-22-16(21)15-13(5)19-17(20-14(15)6)18-10-8-9-12(4)11(2)3/h8-9H,2,4,7,10H2,1,3,5-6H3,(H,18,19,20). The van der Waals surface area contributed by atoms with E-state index in [9.17, 15) is 4.79 Å². The molecule has 5 heteroatoms. The van der Waals surface area contributed by atoms with Crippen molar-refractivity contribution in [2.45, 2.75) is 27.7 Å². The molecule has 0 radical (unpaired) electrons. The number of anilines is 1. The molecule has 0 saturated carbocycles. The van der Waals surface area contributed by atoms with E-state index in [0.29, 0.717) is 36.1 Å². The maximum absolute atomic E-state index is 11.8. The van der Waals surface area contributed by atoms with Gasteiger partial charge in [0.1, 0.15) is 5.56 Å². The monoisotopic (exact) mass is 301 g/mol. The first-order chi connectivity index (χ1) is 10.4. The second-order valence-electron chi connectivity index (χ2n) is 4.90. The van der Waals surface area contributed by atoms with Crippen molar-refractivity contribution < 1.29 is 9.53 Å². The summed E-state index contributed by atoms with van der Waals surface area (Å²) in [6, 6.07) is 0. The summed E-state index contributed by atoms with van der Waals surface area (Å²) in [4.78, 5) is 20.4. The second-order valence-corrected chi connectivity index (χ2v) is 4.90. The minimum atomic E-state index is -0.387. The predicted molar refractivity (Wildman–Crippen MR) is 89.0 cm³/mol. The molecule has 1 aromatic heterocycles. The molecule has 1 aromatic rings. The third-order valence-electron chi connectivity index (χ3n) is 3.00. The summed E-state index contributed by atoms with van der Waals surface area (Å²) >= 11 is 0. The average molecular weight is 301 g/mol. The Bertz CT molecular complexity index is 595. The van der Waals surface area contributed by atoms with Gasteiger partial charge in [-0.1, -0.05) is 30.9 Å². The van der Waals surface area contributed by atoms with Crippen LogP contribution in [0.2, 0.25) is 0 Å². The van der Waals surface area contributed by atoms with Crippen LogP contribution in [0.5, 0.6) is 0 Å². The lowest BCUT2D eigenvalue weighted by Crippen LogP contribution is -2.14. The van der Waals surface area contributed by atoms with E-state index in [0.717, 1.165) is 11.1 Å². The number of esters is 1. The minimum absolute atomic E-state index is 0.328. The number of allylic oxidation sites excluding steroid dienone is 3. The second kappa shape index (κ2) is 8.12. The molecule has 0 spiro atoms. The van der Waals surface area contributed by atoms with Gasteiger partial charge in [0.05, 0.1) is 18.0 Å². The van der Waals surface area contributed by atoms with E-state index in [1.165, 1.54) is 0 Å². The van der Waals surface area contributed by atoms with Crippen LogP contribution in [-0.4, -0.2) is 29.1 Å². The average Bonchev–Trinajstić information content (AvgIpc) is 2.42. The van der Waals surface area contributed by atoms with Gasteiger partial charge in [0.25, 0.3) is 0 Å². The molecular formula is C17H23N3O2. The summed E-state index contributed by atoms with van der Waals surface area (Å²) in [6.07, 6.45) is 3.81. The summed E-state index contributed by atoms with van der Waals surface area (Å²) in [7, 11) is 0. The van der Waals surface area contributed by atoms with Crippen LogP contribution in [0.1, 0.15) is 35.6 Å². The van der Waals surface area contributed by atoms with Crippen molar-refractivity contribution in [2.24, 2.45) is 0 Å². The molecule has 0 fully saturated rings. The summed E-state index contributed by atoms with van der Waals surface area (Å²) in [5.74, 6) is 0.0929. The van der Waals surface area contributed by atoms with E-state index in [2.05, 4.69) is 28.4 Å². The number of ether oxygens (including phenoxy) is 1. The molecule has 118 valence electrons. The molecule has 0 atom stereocenters. The highest BCUT2D eigenvalue weighted by atomic mass is 16.5. The fourth-order valence-electron chi connectivity index (χ4n) is 1.79. The van der Waals surface area contributed by atoms with Crippen LogP contribution in [0.15, 0.2) is 36.5 Å². The molecular weight excluding hydrogens is 278 g/mol. The van der Waals surface area contributed by atoms with Crippen LogP contribution in [-0.2, 0) is 4.74 Å². The van der Waals surface area contributed by atoms with Crippen LogP contribution in [0.3, 0.4) is 0 Å². The van der Waals surface area contributed by atoms with Crippen molar-refractivity contribution in [3.63, 3.8) is 0 Å². The van der Waals surface area contributed by atoms with Gasteiger partial charge >= 0.3 is 5.97 Å². The van der Waals surface area contributed by atoms with Gasteiger partial charge in [-0.05, 0) is 33.3 Å². The van der Waals surface area contributed by atoms with E-state index in [4.69, 9.17) is 4.74 Å². The van der Waals surface area contributed by atoms with E-state index < -0.39 is 0 Å². The van der Waals surface area contributed by atoms with Gasteiger partial charge in [-0.25, -0.2) is 14.8 Å². The topological polar surface area (TPSA) is 64.1 Å². The SMILES string of the molecule is C=C(C)C(=C)C=CCNc1nc(C)c(C(=O)OCC)c(C)n1. The lowest BCUT2D eigenvalue weighted by atomic mass is 10.1. The van der Waals surface area contributed by atoms with E-state index in [1.54, 1.807) is 20.8 Å². The maximum Gasteiger partial charge on any atom is 0.341 e. The third-order valence-corrected chi connectivity index (χ3v) is 3.00. The Hall–Kier alpha value is -2.43.